The first-order chi connectivity index (χ1) is 9.99. The first-order valence-corrected chi connectivity index (χ1v) is 5.93. The maximum Gasteiger partial charge on any atom is 0.335 e. The number of nitrogen functional groups attached to an aromatic ring is 1. The smallest absolute Gasteiger partial charge is 0.335 e. The molecule has 1 aromatic heterocycles. The molecular weight excluding hydrogens is 272 g/mol. The Hall–Kier alpha value is -3.22. The van der Waals surface area contributed by atoms with Gasteiger partial charge in [0.15, 0.2) is 0 Å². The highest BCUT2D eigenvalue weighted by Crippen LogP contribution is 2.13. The van der Waals surface area contributed by atoms with Gasteiger partial charge in [-0.3, -0.25) is 10.2 Å². The average molecular weight is 284 g/mol. The molecule has 0 aliphatic carbocycles. The SMILES string of the molecule is N=C(C(=O)Nc1cccc(C(=O)O)c1)c1cccnc1N. The Bertz CT molecular complexity index is 728. The quantitative estimate of drug-likeness (QED) is 0.630. The van der Waals surface area contributed by atoms with Gasteiger partial charge in [0.2, 0.25) is 0 Å². The minimum Gasteiger partial charge on any atom is -0.478 e. The van der Waals surface area contributed by atoms with Crippen molar-refractivity contribution in [3.63, 3.8) is 0 Å². The number of benzene rings is 1. The summed E-state index contributed by atoms with van der Waals surface area (Å²) in [6, 6.07) is 8.82. The number of aromatic carboxylic acids is 1. The number of nitrogens with zero attached hydrogens (tertiary/aromatic N) is 1. The van der Waals surface area contributed by atoms with Crippen LogP contribution in [-0.4, -0.2) is 27.7 Å². The van der Waals surface area contributed by atoms with Crippen LogP contribution in [0.25, 0.3) is 0 Å². The Morgan fingerprint density at radius 2 is 2.00 bits per heavy atom. The third-order valence-corrected chi connectivity index (χ3v) is 2.70. The van der Waals surface area contributed by atoms with Gasteiger partial charge in [0.25, 0.3) is 5.91 Å². The van der Waals surface area contributed by atoms with Crippen LogP contribution in [0.4, 0.5) is 11.5 Å². The van der Waals surface area contributed by atoms with Crippen molar-refractivity contribution in [1.82, 2.24) is 4.98 Å². The second-order valence-corrected chi connectivity index (χ2v) is 4.15. The molecular formula is C14H12N4O3. The number of rotatable bonds is 4. The van der Waals surface area contributed by atoms with Crippen molar-refractivity contribution in [2.75, 3.05) is 11.1 Å². The van der Waals surface area contributed by atoms with E-state index in [9.17, 15) is 9.59 Å². The van der Waals surface area contributed by atoms with Crippen LogP contribution < -0.4 is 11.1 Å². The Kier molecular flexibility index (Phi) is 3.94. The van der Waals surface area contributed by atoms with Gasteiger partial charge in [-0.05, 0) is 30.3 Å². The Morgan fingerprint density at radius 3 is 2.67 bits per heavy atom. The predicted molar refractivity (Wildman–Crippen MR) is 77.5 cm³/mol. The molecule has 21 heavy (non-hydrogen) atoms. The summed E-state index contributed by atoms with van der Waals surface area (Å²) in [4.78, 5) is 26.6. The van der Waals surface area contributed by atoms with Gasteiger partial charge >= 0.3 is 5.97 Å². The molecule has 1 aromatic carbocycles. The topological polar surface area (TPSA) is 129 Å². The van der Waals surface area contributed by atoms with E-state index in [-0.39, 0.29) is 28.3 Å². The lowest BCUT2D eigenvalue weighted by Gasteiger charge is -2.08. The highest BCUT2D eigenvalue weighted by atomic mass is 16.4. The van der Waals surface area contributed by atoms with E-state index in [2.05, 4.69) is 10.3 Å². The zero-order valence-corrected chi connectivity index (χ0v) is 10.8. The molecule has 0 aliphatic heterocycles. The summed E-state index contributed by atoms with van der Waals surface area (Å²) in [5.41, 5.74) is 5.80. The molecule has 106 valence electrons. The number of carboxylic acid groups (broad SMARTS) is 1. The molecule has 7 nitrogen and oxygen atoms in total. The van der Waals surface area contributed by atoms with Crippen molar-refractivity contribution >= 4 is 29.1 Å². The van der Waals surface area contributed by atoms with Crippen molar-refractivity contribution in [3.8, 4) is 0 Å². The molecule has 2 aromatic rings. The zero-order chi connectivity index (χ0) is 15.4. The highest BCUT2D eigenvalue weighted by Gasteiger charge is 2.15. The molecule has 0 atom stereocenters. The summed E-state index contributed by atoms with van der Waals surface area (Å²) < 4.78 is 0. The summed E-state index contributed by atoms with van der Waals surface area (Å²) in [6.45, 7) is 0. The number of carboxylic acids is 1. The standard InChI is InChI=1S/C14H12N4O3/c15-11(10-5-2-6-17-12(10)16)13(19)18-9-4-1-3-8(7-9)14(20)21/h1-7,15H,(H2,16,17)(H,18,19)(H,20,21). The normalized spacial score (nSPS) is 9.90. The lowest BCUT2D eigenvalue weighted by molar-refractivity contribution is -0.110. The molecule has 7 heteroatoms. The van der Waals surface area contributed by atoms with Gasteiger partial charge in [-0.2, -0.15) is 0 Å². The summed E-state index contributed by atoms with van der Waals surface area (Å²) in [7, 11) is 0. The molecule has 0 unspecified atom stereocenters. The molecule has 0 saturated carbocycles. The Morgan fingerprint density at radius 1 is 1.24 bits per heavy atom. The number of hydrogen-bond acceptors (Lipinski definition) is 5. The number of amides is 1. The number of pyridine rings is 1. The van der Waals surface area contributed by atoms with E-state index < -0.39 is 11.9 Å². The van der Waals surface area contributed by atoms with Gasteiger partial charge in [-0.15, -0.1) is 0 Å². The number of aromatic nitrogens is 1. The van der Waals surface area contributed by atoms with Crippen LogP contribution >= 0.6 is 0 Å². The van der Waals surface area contributed by atoms with E-state index in [0.29, 0.717) is 0 Å². The maximum absolute atomic E-state index is 12.0. The van der Waals surface area contributed by atoms with Crippen molar-refractivity contribution < 1.29 is 14.7 Å². The fourth-order valence-corrected chi connectivity index (χ4v) is 1.67. The number of hydrogen-bond donors (Lipinski definition) is 4. The molecule has 1 heterocycles. The lowest BCUT2D eigenvalue weighted by atomic mass is 10.1. The molecule has 0 spiro atoms. The van der Waals surface area contributed by atoms with Crippen LogP contribution in [0.1, 0.15) is 15.9 Å². The number of carbonyl (C=O) groups is 2. The average Bonchev–Trinajstić information content (AvgIpc) is 2.47. The van der Waals surface area contributed by atoms with Gasteiger partial charge in [0, 0.05) is 17.4 Å². The predicted octanol–water partition coefficient (Wildman–Crippen LogP) is 1.37. The molecule has 1 amide bonds. The van der Waals surface area contributed by atoms with Crippen LogP contribution in [0.2, 0.25) is 0 Å². The summed E-state index contributed by atoms with van der Waals surface area (Å²) in [5.74, 6) is -1.72. The van der Waals surface area contributed by atoms with Crippen LogP contribution in [0.5, 0.6) is 0 Å². The lowest BCUT2D eigenvalue weighted by Crippen LogP contribution is -2.24. The molecule has 5 N–H and O–H groups in total. The summed E-state index contributed by atoms with van der Waals surface area (Å²) >= 11 is 0. The summed E-state index contributed by atoms with van der Waals surface area (Å²) in [6.07, 6.45) is 1.46. The summed E-state index contributed by atoms with van der Waals surface area (Å²) in [5, 5.41) is 19.2. The number of nitrogens with one attached hydrogen (secondary N) is 2. The van der Waals surface area contributed by atoms with Gasteiger partial charge in [-0.1, -0.05) is 6.07 Å². The first-order valence-electron chi connectivity index (χ1n) is 5.93. The van der Waals surface area contributed by atoms with Crippen LogP contribution in [-0.2, 0) is 4.79 Å². The van der Waals surface area contributed by atoms with Crippen molar-refractivity contribution in [3.05, 3.63) is 53.7 Å². The molecule has 0 saturated heterocycles. The molecule has 0 bridgehead atoms. The van der Waals surface area contributed by atoms with E-state index in [1.54, 1.807) is 6.07 Å². The first kappa shape index (κ1) is 14.2. The van der Waals surface area contributed by atoms with E-state index in [0.717, 1.165) is 0 Å². The van der Waals surface area contributed by atoms with Gasteiger partial charge < -0.3 is 16.2 Å². The van der Waals surface area contributed by atoms with E-state index >= 15 is 0 Å². The van der Waals surface area contributed by atoms with E-state index in [1.807, 2.05) is 0 Å². The molecule has 0 radical (unpaired) electrons. The largest absolute Gasteiger partial charge is 0.478 e. The second-order valence-electron chi connectivity index (χ2n) is 4.15. The minimum absolute atomic E-state index is 0.0419. The Labute approximate surface area is 119 Å². The van der Waals surface area contributed by atoms with Gasteiger partial charge in [0.1, 0.15) is 11.5 Å². The second kappa shape index (κ2) is 5.83. The number of nitrogens with two attached hydrogens (primary N) is 1. The third-order valence-electron chi connectivity index (χ3n) is 2.70. The zero-order valence-electron chi connectivity index (χ0n) is 10.8. The van der Waals surface area contributed by atoms with Crippen LogP contribution in [0.15, 0.2) is 42.6 Å². The minimum atomic E-state index is -1.10. The van der Waals surface area contributed by atoms with Gasteiger partial charge in [0.05, 0.1) is 5.56 Å². The molecule has 0 fully saturated rings. The number of carbonyl (C=O) groups excluding carboxylic acids is 1. The van der Waals surface area contributed by atoms with Crippen LogP contribution in [0, 0.1) is 5.41 Å². The monoisotopic (exact) mass is 284 g/mol. The Balaban J connectivity index is 2.18. The maximum atomic E-state index is 12.0. The van der Waals surface area contributed by atoms with Crippen molar-refractivity contribution in [2.24, 2.45) is 0 Å². The van der Waals surface area contributed by atoms with E-state index in [4.69, 9.17) is 16.2 Å². The van der Waals surface area contributed by atoms with Gasteiger partial charge in [-0.25, -0.2) is 9.78 Å². The van der Waals surface area contributed by atoms with Crippen molar-refractivity contribution in [1.29, 1.82) is 5.41 Å². The number of anilines is 2. The van der Waals surface area contributed by atoms with E-state index in [1.165, 1.54) is 36.5 Å². The fourth-order valence-electron chi connectivity index (χ4n) is 1.67. The fraction of sp³-hybridized carbons (Fsp3) is 0. The molecule has 0 aliphatic rings. The van der Waals surface area contributed by atoms with Crippen LogP contribution in [0.3, 0.4) is 0 Å². The highest BCUT2D eigenvalue weighted by molar-refractivity contribution is 6.48. The third kappa shape index (κ3) is 3.21. The molecule has 2 rings (SSSR count). The van der Waals surface area contributed by atoms with Crippen molar-refractivity contribution in [2.45, 2.75) is 0 Å².